The van der Waals surface area contributed by atoms with Gasteiger partial charge in [-0.25, -0.2) is 0 Å². The lowest BCUT2D eigenvalue weighted by molar-refractivity contribution is 0.171. The molecule has 15 heavy (non-hydrogen) atoms. The van der Waals surface area contributed by atoms with Gasteiger partial charge >= 0.3 is 0 Å². The van der Waals surface area contributed by atoms with E-state index >= 15 is 0 Å². The largest absolute Gasteiger partial charge is 0.486 e. The fourth-order valence-corrected chi connectivity index (χ4v) is 2.15. The van der Waals surface area contributed by atoms with E-state index in [1.807, 2.05) is 25.1 Å². The van der Waals surface area contributed by atoms with E-state index in [1.54, 1.807) is 11.8 Å². The van der Waals surface area contributed by atoms with Crippen LogP contribution >= 0.6 is 11.8 Å². The van der Waals surface area contributed by atoms with Gasteiger partial charge < -0.3 is 15.2 Å². The van der Waals surface area contributed by atoms with Gasteiger partial charge in [0.15, 0.2) is 11.5 Å². The van der Waals surface area contributed by atoms with Crippen molar-refractivity contribution < 1.29 is 9.47 Å². The van der Waals surface area contributed by atoms with Crippen LogP contribution in [0.2, 0.25) is 0 Å². The third-order valence-electron chi connectivity index (χ3n) is 2.03. The molecule has 0 radical (unpaired) electrons. The first kappa shape index (κ1) is 10.6. The van der Waals surface area contributed by atoms with Gasteiger partial charge in [0.05, 0.1) is 0 Å². The van der Waals surface area contributed by atoms with Crippen molar-refractivity contribution in [2.75, 3.05) is 19.0 Å². The van der Waals surface area contributed by atoms with Gasteiger partial charge in [-0.05, 0) is 25.1 Å². The molecule has 2 rings (SSSR count). The van der Waals surface area contributed by atoms with Crippen LogP contribution in [0.5, 0.6) is 11.5 Å². The van der Waals surface area contributed by atoms with Gasteiger partial charge in [-0.15, -0.1) is 11.8 Å². The molecule has 1 aromatic rings. The van der Waals surface area contributed by atoms with Crippen LogP contribution < -0.4 is 15.2 Å². The lowest BCUT2D eigenvalue weighted by Gasteiger charge is -2.18. The summed E-state index contributed by atoms with van der Waals surface area (Å²) in [5, 5.41) is 0. The fraction of sp³-hybridized carbons (Fsp3) is 0.455. The Balaban J connectivity index is 2.07. The molecular weight excluding hydrogens is 210 g/mol. The molecule has 1 aliphatic rings. The Bertz CT molecular complexity index is 341. The molecule has 2 N–H and O–H groups in total. The molecule has 0 unspecified atom stereocenters. The fourth-order valence-electron chi connectivity index (χ4n) is 1.34. The molecule has 0 fully saturated rings. The molecule has 0 amide bonds. The first-order valence-corrected chi connectivity index (χ1v) is 6.02. The second-order valence-corrected chi connectivity index (χ2v) is 4.69. The van der Waals surface area contributed by atoms with Crippen LogP contribution in [-0.2, 0) is 0 Å². The molecule has 0 aliphatic carbocycles. The molecule has 1 aliphatic heterocycles. The number of hydrogen-bond acceptors (Lipinski definition) is 4. The van der Waals surface area contributed by atoms with E-state index in [2.05, 4.69) is 0 Å². The van der Waals surface area contributed by atoms with Crippen molar-refractivity contribution in [2.24, 2.45) is 5.73 Å². The lowest BCUT2D eigenvalue weighted by Crippen LogP contribution is -2.17. The molecule has 0 bridgehead atoms. The zero-order chi connectivity index (χ0) is 10.7. The molecule has 82 valence electrons. The smallest absolute Gasteiger partial charge is 0.162 e. The summed E-state index contributed by atoms with van der Waals surface area (Å²) < 4.78 is 10.9. The molecular formula is C11H15NO2S. The third-order valence-corrected chi connectivity index (χ3v) is 3.31. The molecule has 1 atom stereocenters. The summed E-state index contributed by atoms with van der Waals surface area (Å²) in [7, 11) is 0. The van der Waals surface area contributed by atoms with Crippen LogP contribution in [0.25, 0.3) is 0 Å². The predicted molar refractivity (Wildman–Crippen MR) is 61.8 cm³/mol. The van der Waals surface area contributed by atoms with Gasteiger partial charge in [0, 0.05) is 16.7 Å². The van der Waals surface area contributed by atoms with Gasteiger partial charge in [-0.2, -0.15) is 0 Å². The molecule has 0 saturated carbocycles. The van der Waals surface area contributed by atoms with Gasteiger partial charge in [0.25, 0.3) is 0 Å². The number of fused-ring (bicyclic) bond motifs is 1. The maximum atomic E-state index is 5.70. The molecule has 0 saturated heterocycles. The molecule has 4 heteroatoms. The van der Waals surface area contributed by atoms with Crippen molar-refractivity contribution in [3.05, 3.63) is 18.2 Å². The number of ether oxygens (including phenoxy) is 2. The summed E-state index contributed by atoms with van der Waals surface area (Å²) >= 11 is 1.74. The number of benzene rings is 1. The molecule has 0 aromatic heterocycles. The summed E-state index contributed by atoms with van der Waals surface area (Å²) in [5.74, 6) is 2.60. The van der Waals surface area contributed by atoms with E-state index in [9.17, 15) is 0 Å². The van der Waals surface area contributed by atoms with Crippen molar-refractivity contribution in [3.63, 3.8) is 0 Å². The summed E-state index contributed by atoms with van der Waals surface area (Å²) in [6.45, 7) is 3.28. The van der Waals surface area contributed by atoms with Crippen molar-refractivity contribution in [1.82, 2.24) is 0 Å². The highest BCUT2D eigenvalue weighted by atomic mass is 32.2. The average molecular weight is 225 g/mol. The van der Waals surface area contributed by atoms with E-state index < -0.39 is 0 Å². The first-order chi connectivity index (χ1) is 7.25. The quantitative estimate of drug-likeness (QED) is 0.798. The highest BCUT2D eigenvalue weighted by Crippen LogP contribution is 2.34. The monoisotopic (exact) mass is 225 g/mol. The normalized spacial score (nSPS) is 16.1. The van der Waals surface area contributed by atoms with Crippen LogP contribution in [0.3, 0.4) is 0 Å². The second kappa shape index (κ2) is 4.77. The minimum Gasteiger partial charge on any atom is -0.486 e. The van der Waals surface area contributed by atoms with Crippen LogP contribution in [0.1, 0.15) is 6.92 Å². The van der Waals surface area contributed by atoms with Crippen LogP contribution in [0.4, 0.5) is 0 Å². The van der Waals surface area contributed by atoms with Crippen LogP contribution in [0, 0.1) is 0 Å². The predicted octanol–water partition coefficient (Wildman–Crippen LogP) is 1.90. The summed E-state index contributed by atoms with van der Waals surface area (Å²) in [6, 6.07) is 6.23. The molecule has 3 nitrogen and oxygen atoms in total. The van der Waals surface area contributed by atoms with Crippen molar-refractivity contribution >= 4 is 11.8 Å². The highest BCUT2D eigenvalue weighted by molar-refractivity contribution is 7.99. The minimum absolute atomic E-state index is 0.211. The van der Waals surface area contributed by atoms with Gasteiger partial charge in [0.1, 0.15) is 13.2 Å². The number of nitrogens with two attached hydrogens (primary N) is 1. The van der Waals surface area contributed by atoms with E-state index in [4.69, 9.17) is 15.2 Å². The van der Waals surface area contributed by atoms with E-state index in [-0.39, 0.29) is 6.04 Å². The van der Waals surface area contributed by atoms with E-state index in [1.165, 1.54) is 4.90 Å². The third kappa shape index (κ3) is 2.79. The lowest BCUT2D eigenvalue weighted by atomic mass is 10.3. The minimum atomic E-state index is 0.211. The summed E-state index contributed by atoms with van der Waals surface area (Å²) in [5.41, 5.74) is 5.70. The second-order valence-electron chi connectivity index (χ2n) is 3.59. The van der Waals surface area contributed by atoms with Crippen molar-refractivity contribution in [3.8, 4) is 11.5 Å². The Hall–Kier alpha value is -0.870. The number of rotatable bonds is 3. The SMILES string of the molecule is C[C@@H](N)CSc1ccc2c(c1)OCCO2. The molecule has 0 spiro atoms. The number of thioether (sulfide) groups is 1. The van der Waals surface area contributed by atoms with Crippen molar-refractivity contribution in [1.29, 1.82) is 0 Å². The standard InChI is InChI=1S/C11H15NO2S/c1-8(12)7-15-9-2-3-10-11(6-9)14-5-4-13-10/h2-3,6,8H,4-5,7,12H2,1H3/t8-/m1/s1. The van der Waals surface area contributed by atoms with Gasteiger partial charge in [-0.3, -0.25) is 0 Å². The Morgan fingerprint density at radius 2 is 2.07 bits per heavy atom. The van der Waals surface area contributed by atoms with Gasteiger partial charge in [0.2, 0.25) is 0 Å². The van der Waals surface area contributed by atoms with Crippen LogP contribution in [-0.4, -0.2) is 25.0 Å². The topological polar surface area (TPSA) is 44.5 Å². The Morgan fingerprint density at radius 1 is 1.33 bits per heavy atom. The molecule has 1 aromatic carbocycles. The zero-order valence-corrected chi connectivity index (χ0v) is 9.55. The van der Waals surface area contributed by atoms with E-state index in [0.717, 1.165) is 17.3 Å². The average Bonchev–Trinajstić information content (AvgIpc) is 2.26. The zero-order valence-electron chi connectivity index (χ0n) is 8.73. The van der Waals surface area contributed by atoms with E-state index in [0.29, 0.717) is 13.2 Å². The molecule has 1 heterocycles. The summed E-state index contributed by atoms with van der Waals surface area (Å²) in [6.07, 6.45) is 0. The van der Waals surface area contributed by atoms with Gasteiger partial charge in [-0.1, -0.05) is 0 Å². The number of hydrogen-bond donors (Lipinski definition) is 1. The van der Waals surface area contributed by atoms with Crippen molar-refractivity contribution in [2.45, 2.75) is 17.9 Å². The summed E-state index contributed by atoms with van der Waals surface area (Å²) in [4.78, 5) is 1.18. The Labute approximate surface area is 93.9 Å². The maximum Gasteiger partial charge on any atom is 0.162 e. The van der Waals surface area contributed by atoms with Crippen LogP contribution in [0.15, 0.2) is 23.1 Å². The Kier molecular flexibility index (Phi) is 3.38. The maximum absolute atomic E-state index is 5.70. The Morgan fingerprint density at radius 3 is 2.80 bits per heavy atom. The highest BCUT2D eigenvalue weighted by Gasteiger charge is 2.11. The first-order valence-electron chi connectivity index (χ1n) is 5.04.